The topological polar surface area (TPSA) is 111 Å². The van der Waals surface area contributed by atoms with Gasteiger partial charge in [-0.2, -0.15) is 0 Å². The highest BCUT2D eigenvalue weighted by Crippen LogP contribution is 2.67. The number of aliphatic hydroxyl groups excluding tert-OH is 1. The van der Waals surface area contributed by atoms with E-state index in [2.05, 4.69) is 31.5 Å². The van der Waals surface area contributed by atoms with Gasteiger partial charge in [0.15, 0.2) is 0 Å². The van der Waals surface area contributed by atoms with Gasteiger partial charge in [-0.15, -0.1) is 11.8 Å². The summed E-state index contributed by atoms with van der Waals surface area (Å²) in [6.45, 7) is 5.17. The van der Waals surface area contributed by atoms with Gasteiger partial charge in [0.2, 0.25) is 17.7 Å². The van der Waals surface area contributed by atoms with E-state index in [9.17, 15) is 19.5 Å². The van der Waals surface area contributed by atoms with Crippen LogP contribution in [0.2, 0.25) is 0 Å². The Kier molecular flexibility index (Phi) is 8.99. The van der Waals surface area contributed by atoms with E-state index in [1.807, 2.05) is 30.3 Å². The van der Waals surface area contributed by atoms with Crippen LogP contribution in [-0.2, 0) is 25.7 Å². The number of hydrogen-bond donors (Lipinski definition) is 3. The lowest BCUT2D eigenvalue weighted by Gasteiger charge is -2.35. The minimum absolute atomic E-state index is 0.0395. The molecule has 4 aliphatic rings. The van der Waals surface area contributed by atoms with E-state index in [0.29, 0.717) is 52.1 Å². The summed E-state index contributed by atoms with van der Waals surface area (Å²) < 4.78 is 4.77. The van der Waals surface area contributed by atoms with E-state index in [0.717, 1.165) is 25.2 Å². The first-order valence-electron chi connectivity index (χ1n) is 13.6. The number of amides is 3. The third kappa shape index (κ3) is 5.37. The molecule has 3 N–H and O–H groups in total. The average molecular weight is 610 g/mol. The van der Waals surface area contributed by atoms with Crippen molar-refractivity contribution >= 4 is 45.4 Å². The number of fused-ring (bicyclic) bond motifs is 1. The van der Waals surface area contributed by atoms with Crippen LogP contribution in [0.3, 0.4) is 0 Å². The van der Waals surface area contributed by atoms with Crippen LogP contribution in [-0.4, -0.2) is 106 Å². The predicted octanol–water partition coefficient (Wildman–Crippen LogP) is 0.988. The highest BCUT2D eigenvalue weighted by molar-refractivity contribution is 9.09. The molecule has 208 valence electrons. The lowest BCUT2D eigenvalue weighted by Crippen LogP contribution is -2.55. The molecule has 4 aliphatic heterocycles. The Morgan fingerprint density at radius 3 is 2.61 bits per heavy atom. The summed E-state index contributed by atoms with van der Waals surface area (Å²) in [7, 11) is 0. The molecule has 1 aromatic carbocycles. The zero-order valence-electron chi connectivity index (χ0n) is 21.5. The molecule has 4 fully saturated rings. The number of halogens is 1. The normalized spacial score (nSPS) is 32.4. The largest absolute Gasteiger partial charge is 0.396 e. The average Bonchev–Trinajstić information content (AvgIpc) is 3.52. The molecule has 3 amide bonds. The number of carbonyl (C=O) groups is 3. The molecule has 6 atom stereocenters. The first kappa shape index (κ1) is 27.9. The van der Waals surface area contributed by atoms with Gasteiger partial charge in [0.05, 0.1) is 29.8 Å². The molecule has 0 aliphatic carbocycles. The van der Waals surface area contributed by atoms with Gasteiger partial charge in [-0.25, -0.2) is 0 Å². The number of likely N-dealkylation sites (tertiary alicyclic amines) is 1. The first-order valence-corrected chi connectivity index (χ1v) is 15.4. The molecule has 0 radical (unpaired) electrons. The number of ether oxygens (including phenoxy) is 1. The van der Waals surface area contributed by atoms with Crippen molar-refractivity contribution in [1.82, 2.24) is 20.4 Å². The second-order valence-corrected chi connectivity index (χ2v) is 13.3. The lowest BCUT2D eigenvalue weighted by molar-refractivity contribution is -0.140. The van der Waals surface area contributed by atoms with Gasteiger partial charge in [0, 0.05) is 56.0 Å². The molecule has 2 bridgehead atoms. The highest BCUT2D eigenvalue weighted by atomic mass is 79.9. The summed E-state index contributed by atoms with van der Waals surface area (Å²) in [6.07, 6.45) is 1.84. The predicted molar refractivity (Wildman–Crippen MR) is 149 cm³/mol. The van der Waals surface area contributed by atoms with E-state index in [4.69, 9.17) is 4.74 Å². The molecule has 1 spiro atoms. The van der Waals surface area contributed by atoms with Crippen molar-refractivity contribution in [2.24, 2.45) is 11.8 Å². The number of thioether (sulfide) groups is 1. The van der Waals surface area contributed by atoms with E-state index in [-0.39, 0.29) is 34.4 Å². The monoisotopic (exact) mass is 608 g/mol. The van der Waals surface area contributed by atoms with Crippen molar-refractivity contribution in [3.8, 4) is 0 Å². The van der Waals surface area contributed by atoms with E-state index < -0.39 is 22.6 Å². The Labute approximate surface area is 236 Å². The molecule has 4 heterocycles. The van der Waals surface area contributed by atoms with Crippen LogP contribution in [0.1, 0.15) is 24.8 Å². The molecule has 9 nitrogen and oxygen atoms in total. The van der Waals surface area contributed by atoms with Crippen LogP contribution in [0.4, 0.5) is 0 Å². The summed E-state index contributed by atoms with van der Waals surface area (Å²) in [5.74, 6) is -1.41. The Balaban J connectivity index is 1.33. The van der Waals surface area contributed by atoms with Crippen LogP contribution >= 0.6 is 27.7 Å². The van der Waals surface area contributed by atoms with Crippen molar-refractivity contribution in [3.63, 3.8) is 0 Å². The minimum atomic E-state index is -0.646. The minimum Gasteiger partial charge on any atom is -0.396 e. The van der Waals surface area contributed by atoms with E-state index in [1.54, 1.807) is 16.7 Å². The maximum Gasteiger partial charge on any atom is 0.244 e. The number of aliphatic hydroxyl groups is 1. The maximum atomic E-state index is 14.0. The number of alkyl halides is 1. The van der Waals surface area contributed by atoms with E-state index in [1.165, 1.54) is 0 Å². The van der Waals surface area contributed by atoms with Gasteiger partial charge in [0.25, 0.3) is 0 Å². The quantitative estimate of drug-likeness (QED) is 0.254. The zero-order valence-corrected chi connectivity index (χ0v) is 23.9. The zero-order chi connectivity index (χ0) is 26.7. The van der Waals surface area contributed by atoms with Crippen LogP contribution in [0.5, 0.6) is 0 Å². The van der Waals surface area contributed by atoms with Gasteiger partial charge in [-0.3, -0.25) is 19.3 Å². The molecule has 4 saturated heterocycles. The second-order valence-electron chi connectivity index (χ2n) is 10.6. The first-order chi connectivity index (χ1) is 18.5. The van der Waals surface area contributed by atoms with Gasteiger partial charge >= 0.3 is 0 Å². The van der Waals surface area contributed by atoms with Crippen molar-refractivity contribution in [1.29, 1.82) is 0 Å². The molecule has 11 heteroatoms. The Morgan fingerprint density at radius 2 is 1.87 bits per heavy atom. The van der Waals surface area contributed by atoms with Gasteiger partial charge in [-0.05, 0) is 24.8 Å². The van der Waals surface area contributed by atoms with Crippen molar-refractivity contribution in [3.05, 3.63) is 35.9 Å². The molecule has 0 aromatic heterocycles. The van der Waals surface area contributed by atoms with Crippen LogP contribution in [0.15, 0.2) is 30.3 Å². The number of nitrogens with zero attached hydrogens (tertiary/aromatic N) is 2. The number of carbonyl (C=O) groups excluding carboxylic acids is 3. The number of nitrogens with one attached hydrogen (secondary N) is 2. The Bertz CT molecular complexity index is 1010. The summed E-state index contributed by atoms with van der Waals surface area (Å²) in [5, 5.41) is 15.4. The summed E-state index contributed by atoms with van der Waals surface area (Å²) in [4.78, 5) is 45.3. The highest BCUT2D eigenvalue weighted by Gasteiger charge is 2.75. The molecular formula is C27H37BrN4O5S. The molecular weight excluding hydrogens is 572 g/mol. The Hall–Kier alpha value is -1.66. The van der Waals surface area contributed by atoms with Crippen molar-refractivity contribution < 1.29 is 24.2 Å². The number of rotatable bonds is 11. The number of morpholine rings is 1. The smallest absolute Gasteiger partial charge is 0.244 e. The van der Waals surface area contributed by atoms with E-state index >= 15 is 0 Å². The summed E-state index contributed by atoms with van der Waals surface area (Å²) in [5.41, 5.74) is 1.00. The molecule has 5 rings (SSSR count). The Morgan fingerprint density at radius 1 is 1.11 bits per heavy atom. The molecule has 0 saturated carbocycles. The lowest BCUT2D eigenvalue weighted by atomic mass is 9.70. The summed E-state index contributed by atoms with van der Waals surface area (Å²) in [6, 6.07) is 9.10. The third-order valence-electron chi connectivity index (χ3n) is 8.29. The van der Waals surface area contributed by atoms with Crippen LogP contribution in [0.25, 0.3) is 0 Å². The fourth-order valence-electron chi connectivity index (χ4n) is 6.53. The third-order valence-corrected chi connectivity index (χ3v) is 11.5. The number of benzene rings is 1. The number of unbranched alkanes of at least 4 members (excludes halogenated alkanes) is 1. The number of hydrogen-bond acceptors (Lipinski definition) is 7. The fraction of sp³-hybridized carbons (Fsp3) is 0.667. The fourth-order valence-corrected chi connectivity index (χ4v) is 10.1. The second kappa shape index (κ2) is 12.2. The van der Waals surface area contributed by atoms with Crippen molar-refractivity contribution in [2.75, 3.05) is 52.5 Å². The standard InChI is InChI=1S/C27H37BrN4O5S/c28-19-16-27-21(20(22(19)38-27)24(34)30-17-18-6-2-1-3-7-18)26(36)32(9-4-5-13-33)23(27)25(35)29-8-10-31-11-14-37-15-12-31/h1-3,6-7,19-23,33H,4-5,8-17H2,(H,29,35)(H,30,34)/t19?,20-,21-,22-,23?,27?/m0/s1. The summed E-state index contributed by atoms with van der Waals surface area (Å²) >= 11 is 5.46. The molecule has 3 unspecified atom stereocenters. The van der Waals surface area contributed by atoms with Crippen LogP contribution < -0.4 is 10.6 Å². The van der Waals surface area contributed by atoms with Crippen LogP contribution in [0, 0.1) is 11.8 Å². The molecule has 1 aromatic rings. The van der Waals surface area contributed by atoms with Gasteiger partial charge in [-0.1, -0.05) is 46.3 Å². The van der Waals surface area contributed by atoms with Gasteiger partial charge in [0.1, 0.15) is 6.04 Å². The SMILES string of the molecule is O=C(NCCN1CCOCC1)C1N(CCCCO)C(=O)[C@@H]2[C@H](C(=O)NCc3ccccc3)[C@H]3SC12CC3Br. The molecule has 38 heavy (non-hydrogen) atoms. The van der Waals surface area contributed by atoms with Crippen molar-refractivity contribution in [2.45, 2.75) is 46.7 Å². The van der Waals surface area contributed by atoms with Gasteiger partial charge < -0.3 is 25.4 Å². The maximum absolute atomic E-state index is 14.0.